The Morgan fingerprint density at radius 1 is 1.00 bits per heavy atom. The van der Waals surface area contributed by atoms with E-state index in [1.807, 2.05) is 12.4 Å². The molecule has 0 fully saturated rings. The molecule has 0 spiro atoms. The zero-order valence-corrected chi connectivity index (χ0v) is 14.1. The molecule has 0 N–H and O–H groups in total. The molecule has 3 aromatic rings. The number of aromatic nitrogens is 2. The second-order valence-electron chi connectivity index (χ2n) is 6.62. The molecule has 0 radical (unpaired) electrons. The predicted octanol–water partition coefficient (Wildman–Crippen LogP) is 4.19. The van der Waals surface area contributed by atoms with E-state index in [9.17, 15) is 0 Å². The van der Waals surface area contributed by atoms with Crippen molar-refractivity contribution in [1.82, 2.24) is 14.5 Å². The first-order valence-corrected chi connectivity index (χ1v) is 8.66. The Labute approximate surface area is 143 Å². The van der Waals surface area contributed by atoms with E-state index < -0.39 is 0 Å². The van der Waals surface area contributed by atoms with E-state index in [4.69, 9.17) is 0 Å². The van der Waals surface area contributed by atoms with Crippen molar-refractivity contribution in [2.24, 2.45) is 0 Å². The fourth-order valence-electron chi connectivity index (χ4n) is 3.66. The van der Waals surface area contributed by atoms with Crippen molar-refractivity contribution in [1.29, 1.82) is 0 Å². The quantitative estimate of drug-likeness (QED) is 0.722. The third kappa shape index (κ3) is 3.00. The van der Waals surface area contributed by atoms with Gasteiger partial charge >= 0.3 is 0 Å². The van der Waals surface area contributed by atoms with Crippen molar-refractivity contribution in [2.75, 3.05) is 6.54 Å². The van der Waals surface area contributed by atoms with Crippen LogP contribution >= 0.6 is 0 Å². The smallest absolute Gasteiger partial charge is 0.0759 e. The molecular formula is C21H23N3. The lowest BCUT2D eigenvalue weighted by Gasteiger charge is -2.30. The summed E-state index contributed by atoms with van der Waals surface area (Å²) in [4.78, 5) is 6.74. The number of nitrogens with zero attached hydrogens (tertiary/aromatic N) is 3. The average Bonchev–Trinajstić information content (AvgIpc) is 2.99. The monoisotopic (exact) mass is 317 g/mol. The fraction of sp³-hybridized carbons (Fsp3) is 0.286. The van der Waals surface area contributed by atoms with Crippen LogP contribution in [-0.2, 0) is 13.1 Å². The van der Waals surface area contributed by atoms with Gasteiger partial charge in [-0.15, -0.1) is 0 Å². The van der Waals surface area contributed by atoms with Crippen molar-refractivity contribution in [3.8, 4) is 0 Å². The van der Waals surface area contributed by atoms with Gasteiger partial charge in [-0.3, -0.25) is 9.88 Å². The maximum Gasteiger partial charge on any atom is 0.0759 e. The molecule has 0 amide bonds. The molecule has 1 atom stereocenters. The molecule has 122 valence electrons. The summed E-state index contributed by atoms with van der Waals surface area (Å²) in [5.74, 6) is 0. The normalized spacial score (nSPS) is 18.1. The molecular weight excluding hydrogens is 294 g/mol. The van der Waals surface area contributed by atoms with Crippen LogP contribution < -0.4 is 0 Å². The molecule has 1 aromatic carbocycles. The maximum absolute atomic E-state index is 4.15. The fourth-order valence-corrected chi connectivity index (χ4v) is 3.66. The molecule has 3 heteroatoms. The molecule has 24 heavy (non-hydrogen) atoms. The lowest BCUT2D eigenvalue weighted by Crippen LogP contribution is -2.29. The Balaban J connectivity index is 1.74. The van der Waals surface area contributed by atoms with Crippen LogP contribution in [0.2, 0.25) is 0 Å². The predicted molar refractivity (Wildman–Crippen MR) is 96.7 cm³/mol. The SMILES string of the molecule is Cc1ccc(C2c3cccn3CCCN2Cc2ccncc2)cc1. The second kappa shape index (κ2) is 6.62. The van der Waals surface area contributed by atoms with Crippen molar-refractivity contribution in [2.45, 2.75) is 32.5 Å². The number of hydrogen-bond acceptors (Lipinski definition) is 2. The van der Waals surface area contributed by atoms with Crippen molar-refractivity contribution >= 4 is 0 Å². The van der Waals surface area contributed by atoms with E-state index >= 15 is 0 Å². The molecule has 1 aliphatic rings. The van der Waals surface area contributed by atoms with Gasteiger partial charge in [-0.05, 0) is 48.7 Å². The summed E-state index contributed by atoms with van der Waals surface area (Å²) in [5, 5.41) is 0. The minimum atomic E-state index is 0.302. The lowest BCUT2D eigenvalue weighted by atomic mass is 10.00. The summed E-state index contributed by atoms with van der Waals surface area (Å²) in [6.07, 6.45) is 7.16. The standard InChI is InChI=1S/C21H23N3/c1-17-5-7-19(8-6-17)21-20-4-2-13-23(20)14-3-15-24(21)16-18-9-11-22-12-10-18/h2,4-13,21H,3,14-16H2,1H3. The second-order valence-corrected chi connectivity index (χ2v) is 6.62. The van der Waals surface area contributed by atoms with Gasteiger partial charge in [0.15, 0.2) is 0 Å². The van der Waals surface area contributed by atoms with Gasteiger partial charge in [-0.25, -0.2) is 0 Å². The lowest BCUT2D eigenvalue weighted by molar-refractivity contribution is 0.220. The van der Waals surface area contributed by atoms with E-state index in [0.29, 0.717) is 6.04 Å². The summed E-state index contributed by atoms with van der Waals surface area (Å²) >= 11 is 0. The van der Waals surface area contributed by atoms with E-state index in [1.165, 1.54) is 28.8 Å². The highest BCUT2D eigenvalue weighted by molar-refractivity contribution is 5.32. The molecule has 3 nitrogen and oxygen atoms in total. The third-order valence-electron chi connectivity index (χ3n) is 4.88. The van der Waals surface area contributed by atoms with Gasteiger partial charge in [0.1, 0.15) is 0 Å². The Morgan fingerprint density at radius 3 is 2.58 bits per heavy atom. The molecule has 0 saturated carbocycles. The van der Waals surface area contributed by atoms with Gasteiger partial charge in [0, 0.05) is 43.9 Å². The number of aryl methyl sites for hydroxylation is 2. The van der Waals surface area contributed by atoms with E-state index in [2.05, 4.69) is 76.1 Å². The Kier molecular flexibility index (Phi) is 4.18. The van der Waals surface area contributed by atoms with E-state index in [1.54, 1.807) is 0 Å². The first kappa shape index (κ1) is 15.2. The van der Waals surface area contributed by atoms with Crippen molar-refractivity contribution in [3.05, 3.63) is 89.5 Å². The zero-order valence-electron chi connectivity index (χ0n) is 14.1. The van der Waals surface area contributed by atoms with Crippen LogP contribution in [0.1, 0.15) is 34.8 Å². The summed E-state index contributed by atoms with van der Waals surface area (Å²) in [5.41, 5.74) is 5.40. The maximum atomic E-state index is 4.15. The highest BCUT2D eigenvalue weighted by Gasteiger charge is 2.27. The van der Waals surface area contributed by atoms with Crippen LogP contribution in [0.5, 0.6) is 0 Å². The Morgan fingerprint density at radius 2 is 1.79 bits per heavy atom. The summed E-state index contributed by atoms with van der Waals surface area (Å²) < 4.78 is 2.41. The van der Waals surface area contributed by atoms with Crippen molar-refractivity contribution in [3.63, 3.8) is 0 Å². The molecule has 2 aromatic heterocycles. The minimum absolute atomic E-state index is 0.302. The first-order valence-electron chi connectivity index (χ1n) is 8.66. The zero-order chi connectivity index (χ0) is 16.4. The van der Waals surface area contributed by atoms with Gasteiger partial charge in [-0.1, -0.05) is 29.8 Å². The average molecular weight is 317 g/mol. The summed E-state index contributed by atoms with van der Waals surface area (Å²) in [7, 11) is 0. The molecule has 1 unspecified atom stereocenters. The van der Waals surface area contributed by atoms with Crippen LogP contribution in [0, 0.1) is 6.92 Å². The van der Waals surface area contributed by atoms with Crippen LogP contribution in [0.15, 0.2) is 67.1 Å². The Hall–Kier alpha value is -2.39. The number of hydrogen-bond donors (Lipinski definition) is 0. The summed E-state index contributed by atoms with van der Waals surface area (Å²) in [6.45, 7) is 5.29. The van der Waals surface area contributed by atoms with Gasteiger partial charge in [0.25, 0.3) is 0 Å². The van der Waals surface area contributed by atoms with Gasteiger partial charge in [0.2, 0.25) is 0 Å². The molecule has 4 rings (SSSR count). The number of rotatable bonds is 3. The molecule has 0 saturated heterocycles. The molecule has 3 heterocycles. The van der Waals surface area contributed by atoms with Gasteiger partial charge < -0.3 is 4.57 Å². The van der Waals surface area contributed by atoms with Crippen LogP contribution in [0.4, 0.5) is 0 Å². The highest BCUT2D eigenvalue weighted by Crippen LogP contribution is 2.33. The molecule has 0 bridgehead atoms. The highest BCUT2D eigenvalue weighted by atomic mass is 15.2. The van der Waals surface area contributed by atoms with Crippen LogP contribution in [0.3, 0.4) is 0 Å². The third-order valence-corrected chi connectivity index (χ3v) is 4.88. The topological polar surface area (TPSA) is 21.1 Å². The minimum Gasteiger partial charge on any atom is -0.350 e. The largest absolute Gasteiger partial charge is 0.350 e. The van der Waals surface area contributed by atoms with E-state index in [0.717, 1.165) is 19.6 Å². The van der Waals surface area contributed by atoms with Crippen molar-refractivity contribution < 1.29 is 0 Å². The number of pyridine rings is 1. The van der Waals surface area contributed by atoms with Crippen LogP contribution in [0.25, 0.3) is 0 Å². The van der Waals surface area contributed by atoms with E-state index in [-0.39, 0.29) is 0 Å². The molecule has 0 aliphatic carbocycles. The Bertz CT molecular complexity index is 789. The summed E-state index contributed by atoms with van der Waals surface area (Å²) in [6, 6.07) is 18.0. The van der Waals surface area contributed by atoms with Gasteiger partial charge in [0.05, 0.1) is 6.04 Å². The first-order chi connectivity index (χ1) is 11.8. The van der Waals surface area contributed by atoms with Gasteiger partial charge in [-0.2, -0.15) is 0 Å². The van der Waals surface area contributed by atoms with Crippen LogP contribution in [-0.4, -0.2) is 21.0 Å². The molecule has 1 aliphatic heterocycles. The number of fused-ring (bicyclic) bond motifs is 1. The number of benzene rings is 1.